The van der Waals surface area contributed by atoms with Gasteiger partial charge >= 0.3 is 0 Å². The predicted octanol–water partition coefficient (Wildman–Crippen LogP) is 6.14. The summed E-state index contributed by atoms with van der Waals surface area (Å²) in [7, 11) is 0. The fraction of sp³-hybridized carbons (Fsp3) is 0.172. The number of rotatable bonds is 4. The molecule has 174 valence electrons. The number of halogens is 1. The van der Waals surface area contributed by atoms with Crippen molar-refractivity contribution in [1.82, 2.24) is 14.5 Å². The van der Waals surface area contributed by atoms with Crippen molar-refractivity contribution in [2.24, 2.45) is 0 Å². The minimum atomic E-state index is 0.0318. The van der Waals surface area contributed by atoms with Crippen LogP contribution in [-0.2, 0) is 11.3 Å². The van der Waals surface area contributed by atoms with Crippen LogP contribution in [0.4, 0.5) is 0 Å². The first-order valence-electron chi connectivity index (χ1n) is 11.8. The van der Waals surface area contributed by atoms with Gasteiger partial charge in [0.2, 0.25) is 0 Å². The summed E-state index contributed by atoms with van der Waals surface area (Å²) in [5, 5.41) is 2.34. The maximum atomic E-state index is 13.1. The van der Waals surface area contributed by atoms with E-state index in [1.165, 1.54) is 10.9 Å². The van der Waals surface area contributed by atoms with Crippen LogP contribution in [0.2, 0.25) is 0 Å². The van der Waals surface area contributed by atoms with E-state index in [-0.39, 0.29) is 5.91 Å². The average molecular weight is 526 g/mol. The summed E-state index contributed by atoms with van der Waals surface area (Å²) in [5.74, 6) is 0.931. The summed E-state index contributed by atoms with van der Waals surface area (Å²) >= 11 is 3.53. The van der Waals surface area contributed by atoms with Gasteiger partial charge in [0.05, 0.1) is 24.2 Å². The molecule has 1 aliphatic rings. The molecule has 0 atom stereocenters. The number of carbonyl (C=O) groups is 1. The molecule has 0 aliphatic carbocycles. The van der Waals surface area contributed by atoms with Gasteiger partial charge in [0.25, 0.3) is 5.91 Å². The topological polar surface area (TPSA) is 47.4 Å². The van der Waals surface area contributed by atoms with Gasteiger partial charge in [0, 0.05) is 35.2 Å². The maximum Gasteiger partial charge on any atom is 0.254 e. The molecule has 0 N–H and O–H groups in total. The van der Waals surface area contributed by atoms with E-state index in [0.29, 0.717) is 38.4 Å². The van der Waals surface area contributed by atoms with Crippen molar-refractivity contribution in [3.8, 4) is 11.4 Å². The van der Waals surface area contributed by atoms with Crippen LogP contribution in [-0.4, -0.2) is 46.7 Å². The van der Waals surface area contributed by atoms with Gasteiger partial charge in [0.15, 0.2) is 0 Å². The molecule has 35 heavy (non-hydrogen) atoms. The molecule has 6 heteroatoms. The number of benzene rings is 4. The normalized spacial score (nSPS) is 14.0. The second-order valence-electron chi connectivity index (χ2n) is 8.78. The largest absolute Gasteiger partial charge is 0.378 e. The quantitative estimate of drug-likeness (QED) is 0.283. The van der Waals surface area contributed by atoms with E-state index in [4.69, 9.17) is 9.72 Å². The van der Waals surface area contributed by atoms with Crippen LogP contribution >= 0.6 is 15.9 Å². The van der Waals surface area contributed by atoms with Gasteiger partial charge in [-0.2, -0.15) is 0 Å². The van der Waals surface area contributed by atoms with Gasteiger partial charge in [-0.3, -0.25) is 4.79 Å². The summed E-state index contributed by atoms with van der Waals surface area (Å²) < 4.78 is 8.72. The lowest BCUT2D eigenvalue weighted by Gasteiger charge is -2.26. The van der Waals surface area contributed by atoms with Crippen LogP contribution in [0.1, 0.15) is 15.9 Å². The number of carbonyl (C=O) groups excluding carboxylic acids is 1. The Kier molecular flexibility index (Phi) is 5.84. The summed E-state index contributed by atoms with van der Waals surface area (Å²) in [6.07, 6.45) is 0. The van der Waals surface area contributed by atoms with Crippen molar-refractivity contribution in [3.05, 3.63) is 101 Å². The van der Waals surface area contributed by atoms with Crippen molar-refractivity contribution in [3.63, 3.8) is 0 Å². The summed E-state index contributed by atoms with van der Waals surface area (Å²) in [5.41, 5.74) is 4.76. The smallest absolute Gasteiger partial charge is 0.254 e. The number of nitrogens with zero attached hydrogens (tertiary/aromatic N) is 3. The maximum absolute atomic E-state index is 13.1. The van der Waals surface area contributed by atoms with Crippen LogP contribution < -0.4 is 0 Å². The molecule has 0 bridgehead atoms. The molecule has 1 aliphatic heterocycles. The van der Waals surface area contributed by atoms with E-state index in [1.807, 2.05) is 23.1 Å². The molecule has 6 rings (SSSR count). The average Bonchev–Trinajstić information content (AvgIpc) is 3.27. The molecule has 2 heterocycles. The molecule has 1 fully saturated rings. The third kappa shape index (κ3) is 4.24. The van der Waals surface area contributed by atoms with Crippen LogP contribution in [0.25, 0.3) is 33.2 Å². The lowest BCUT2D eigenvalue weighted by Crippen LogP contribution is -2.40. The SMILES string of the molecule is O=C(c1ccc2c(c1)nc(-c1cccc3ccccc13)n2Cc1ccc(Br)cc1)N1CCOCC1. The lowest BCUT2D eigenvalue weighted by atomic mass is 10.0. The Hall–Kier alpha value is -3.48. The summed E-state index contributed by atoms with van der Waals surface area (Å²) in [6, 6.07) is 29.0. The number of hydrogen-bond acceptors (Lipinski definition) is 3. The minimum Gasteiger partial charge on any atom is -0.378 e. The zero-order valence-electron chi connectivity index (χ0n) is 19.2. The fourth-order valence-corrected chi connectivity index (χ4v) is 5.03. The van der Waals surface area contributed by atoms with Crippen LogP contribution in [0.15, 0.2) is 89.4 Å². The molecule has 0 unspecified atom stereocenters. The fourth-order valence-electron chi connectivity index (χ4n) is 4.77. The van der Waals surface area contributed by atoms with Crippen LogP contribution in [0.3, 0.4) is 0 Å². The Morgan fingerprint density at radius 3 is 2.51 bits per heavy atom. The number of ether oxygens (including phenoxy) is 1. The van der Waals surface area contributed by atoms with Gasteiger partial charge in [-0.1, -0.05) is 70.5 Å². The van der Waals surface area contributed by atoms with Crippen molar-refractivity contribution in [1.29, 1.82) is 0 Å². The first-order valence-corrected chi connectivity index (χ1v) is 12.6. The van der Waals surface area contributed by atoms with Gasteiger partial charge in [-0.25, -0.2) is 4.98 Å². The Morgan fingerprint density at radius 2 is 1.69 bits per heavy atom. The van der Waals surface area contributed by atoms with E-state index >= 15 is 0 Å². The van der Waals surface area contributed by atoms with E-state index in [9.17, 15) is 4.79 Å². The van der Waals surface area contributed by atoms with Gasteiger partial charge in [-0.15, -0.1) is 0 Å². The second-order valence-corrected chi connectivity index (χ2v) is 9.70. The number of fused-ring (bicyclic) bond motifs is 2. The van der Waals surface area contributed by atoms with Gasteiger partial charge in [-0.05, 0) is 46.7 Å². The van der Waals surface area contributed by atoms with E-state index < -0.39 is 0 Å². The molecule has 1 amide bonds. The van der Waals surface area contributed by atoms with Crippen LogP contribution in [0.5, 0.6) is 0 Å². The third-order valence-electron chi connectivity index (χ3n) is 6.58. The molecule has 1 aromatic heterocycles. The molecule has 0 spiro atoms. The van der Waals surface area contributed by atoms with Crippen LogP contribution in [0, 0.1) is 0 Å². The summed E-state index contributed by atoms with van der Waals surface area (Å²) in [4.78, 5) is 20.1. The molecule has 5 nitrogen and oxygen atoms in total. The number of amides is 1. The van der Waals surface area contributed by atoms with Gasteiger partial charge in [0.1, 0.15) is 5.82 Å². The minimum absolute atomic E-state index is 0.0318. The number of hydrogen-bond donors (Lipinski definition) is 0. The van der Waals surface area contributed by atoms with Crippen molar-refractivity contribution < 1.29 is 9.53 Å². The lowest BCUT2D eigenvalue weighted by molar-refractivity contribution is 0.0303. The zero-order valence-corrected chi connectivity index (χ0v) is 20.7. The highest BCUT2D eigenvalue weighted by Crippen LogP contribution is 2.32. The molecular weight excluding hydrogens is 502 g/mol. The van der Waals surface area contributed by atoms with E-state index in [0.717, 1.165) is 32.3 Å². The third-order valence-corrected chi connectivity index (χ3v) is 7.11. The first kappa shape index (κ1) is 22.0. The predicted molar refractivity (Wildman–Crippen MR) is 143 cm³/mol. The monoisotopic (exact) mass is 525 g/mol. The Labute approximate surface area is 212 Å². The standard InChI is InChI=1S/C29H24BrN3O2/c30-23-11-8-20(9-12-23)19-33-27-13-10-22(29(34)32-14-16-35-17-15-32)18-26(27)31-28(33)25-7-3-5-21-4-1-2-6-24(21)25/h1-13,18H,14-17,19H2. The molecule has 0 radical (unpaired) electrons. The van der Waals surface area contributed by atoms with Crippen molar-refractivity contribution in [2.75, 3.05) is 26.3 Å². The van der Waals surface area contributed by atoms with Crippen molar-refractivity contribution >= 4 is 43.6 Å². The molecule has 0 saturated carbocycles. The van der Waals surface area contributed by atoms with E-state index in [1.54, 1.807) is 0 Å². The molecular formula is C29H24BrN3O2. The zero-order chi connectivity index (χ0) is 23.8. The van der Waals surface area contributed by atoms with Gasteiger partial charge < -0.3 is 14.2 Å². The van der Waals surface area contributed by atoms with Crippen molar-refractivity contribution in [2.45, 2.75) is 6.54 Å². The number of imidazole rings is 1. The first-order chi connectivity index (χ1) is 17.2. The Morgan fingerprint density at radius 1 is 0.914 bits per heavy atom. The molecule has 5 aromatic rings. The highest BCUT2D eigenvalue weighted by Gasteiger charge is 2.21. The van der Waals surface area contributed by atoms with E-state index in [2.05, 4.69) is 87.2 Å². The number of aromatic nitrogens is 2. The number of morpholine rings is 1. The summed E-state index contributed by atoms with van der Waals surface area (Å²) in [6.45, 7) is 3.09. The molecule has 1 saturated heterocycles. The second kappa shape index (κ2) is 9.29. The Balaban J connectivity index is 1.50. The highest BCUT2D eigenvalue weighted by atomic mass is 79.9. The Bertz CT molecular complexity index is 1530. The molecule has 4 aromatic carbocycles. The highest BCUT2D eigenvalue weighted by molar-refractivity contribution is 9.10.